The van der Waals surface area contributed by atoms with Crippen molar-refractivity contribution in [1.82, 2.24) is 10.3 Å². The Hall–Kier alpha value is -1.10. The molecule has 2 aliphatic rings. The molecule has 1 amide bonds. The maximum Gasteiger partial charge on any atom is 0.207 e. The molecule has 2 fully saturated rings. The Bertz CT molecular complexity index is 462. The van der Waals surface area contributed by atoms with E-state index in [1.807, 2.05) is 12.3 Å². The minimum atomic E-state index is -0.00365. The number of pyridine rings is 1. The van der Waals surface area contributed by atoms with Crippen molar-refractivity contribution < 1.29 is 4.79 Å². The minimum absolute atomic E-state index is 0.00365. The van der Waals surface area contributed by atoms with Gasteiger partial charge in [0.2, 0.25) is 6.41 Å². The monoisotopic (exact) mass is 323 g/mol. The van der Waals surface area contributed by atoms with E-state index in [2.05, 4.69) is 44.1 Å². The number of aromatic nitrogens is 1. The molecule has 4 nitrogen and oxygen atoms in total. The molecule has 19 heavy (non-hydrogen) atoms. The van der Waals surface area contributed by atoms with E-state index in [-0.39, 0.29) is 5.54 Å². The topological polar surface area (TPSA) is 45.2 Å². The van der Waals surface area contributed by atoms with Gasteiger partial charge in [0.05, 0.1) is 0 Å². The smallest absolute Gasteiger partial charge is 0.207 e. The van der Waals surface area contributed by atoms with Crippen LogP contribution in [0.1, 0.15) is 19.8 Å². The van der Waals surface area contributed by atoms with E-state index in [0.717, 1.165) is 42.6 Å². The van der Waals surface area contributed by atoms with Gasteiger partial charge in [0.1, 0.15) is 5.82 Å². The first-order valence-corrected chi connectivity index (χ1v) is 7.47. The zero-order chi connectivity index (χ0) is 13.5. The molecule has 0 bridgehead atoms. The second kappa shape index (κ2) is 4.78. The first-order chi connectivity index (χ1) is 9.09. The van der Waals surface area contributed by atoms with Gasteiger partial charge in [0.15, 0.2) is 0 Å². The molecule has 0 unspecified atom stereocenters. The van der Waals surface area contributed by atoms with Gasteiger partial charge >= 0.3 is 0 Å². The Balaban J connectivity index is 1.68. The van der Waals surface area contributed by atoms with Gasteiger partial charge in [-0.2, -0.15) is 0 Å². The van der Waals surface area contributed by atoms with Crippen molar-refractivity contribution >= 4 is 28.2 Å². The van der Waals surface area contributed by atoms with Gasteiger partial charge in [-0.25, -0.2) is 4.98 Å². The van der Waals surface area contributed by atoms with E-state index in [1.54, 1.807) is 0 Å². The third kappa shape index (κ3) is 2.48. The lowest BCUT2D eigenvalue weighted by molar-refractivity contribution is -0.111. The molecule has 0 radical (unpaired) electrons. The van der Waals surface area contributed by atoms with E-state index in [0.29, 0.717) is 11.8 Å². The predicted molar refractivity (Wildman–Crippen MR) is 78.0 cm³/mol. The second-order valence-corrected chi connectivity index (χ2v) is 6.91. The van der Waals surface area contributed by atoms with E-state index >= 15 is 0 Å². The lowest BCUT2D eigenvalue weighted by atomic mass is 9.98. The SMILES string of the molecule is C[C@@]1(NC=O)C[C@H]2CN(c3ccc(Br)cn3)C[C@H]2C1. The van der Waals surface area contributed by atoms with Crippen LogP contribution < -0.4 is 10.2 Å². The fraction of sp³-hybridized carbons (Fsp3) is 0.571. The first-order valence-electron chi connectivity index (χ1n) is 6.67. The summed E-state index contributed by atoms with van der Waals surface area (Å²) in [7, 11) is 0. The Labute approximate surface area is 121 Å². The molecule has 1 saturated heterocycles. The highest BCUT2D eigenvalue weighted by atomic mass is 79.9. The van der Waals surface area contributed by atoms with Crippen LogP contribution in [0.4, 0.5) is 5.82 Å². The van der Waals surface area contributed by atoms with Gasteiger partial charge in [-0.05, 0) is 59.7 Å². The maximum absolute atomic E-state index is 10.7. The molecule has 3 rings (SSSR count). The zero-order valence-electron chi connectivity index (χ0n) is 11.0. The molecule has 0 spiro atoms. The summed E-state index contributed by atoms with van der Waals surface area (Å²) < 4.78 is 1.01. The largest absolute Gasteiger partial charge is 0.356 e. The van der Waals surface area contributed by atoms with Crippen LogP contribution in [0, 0.1) is 11.8 Å². The molecule has 5 heteroatoms. The Morgan fingerprint density at radius 1 is 1.42 bits per heavy atom. The van der Waals surface area contributed by atoms with Crippen molar-refractivity contribution in [3.8, 4) is 0 Å². The number of nitrogens with zero attached hydrogens (tertiary/aromatic N) is 2. The van der Waals surface area contributed by atoms with E-state index < -0.39 is 0 Å². The lowest BCUT2D eigenvalue weighted by Gasteiger charge is -2.26. The number of fused-ring (bicyclic) bond motifs is 1. The van der Waals surface area contributed by atoms with Gasteiger partial charge in [0.25, 0.3) is 0 Å². The molecule has 1 aliphatic heterocycles. The third-order valence-corrected chi connectivity index (χ3v) is 4.91. The third-order valence-electron chi connectivity index (χ3n) is 4.45. The highest BCUT2D eigenvalue weighted by Crippen LogP contribution is 2.44. The molecular weight excluding hydrogens is 306 g/mol. The van der Waals surface area contributed by atoms with Crippen LogP contribution in [0.2, 0.25) is 0 Å². The molecule has 0 aromatic carbocycles. The number of rotatable bonds is 3. The van der Waals surface area contributed by atoms with Crippen LogP contribution in [0.5, 0.6) is 0 Å². The summed E-state index contributed by atoms with van der Waals surface area (Å²) in [6.07, 6.45) is 4.84. The average Bonchev–Trinajstić information content (AvgIpc) is 2.85. The highest BCUT2D eigenvalue weighted by Gasteiger charge is 2.46. The minimum Gasteiger partial charge on any atom is -0.356 e. The predicted octanol–water partition coefficient (Wildman–Crippen LogP) is 2.20. The summed E-state index contributed by atoms with van der Waals surface area (Å²) >= 11 is 3.41. The van der Waals surface area contributed by atoms with Crippen LogP contribution in [0.3, 0.4) is 0 Å². The molecule has 3 atom stereocenters. The summed E-state index contributed by atoms with van der Waals surface area (Å²) in [6, 6.07) is 4.10. The summed E-state index contributed by atoms with van der Waals surface area (Å²) in [4.78, 5) is 17.5. The van der Waals surface area contributed by atoms with E-state index in [9.17, 15) is 4.79 Å². The number of anilines is 1. The molecule has 102 valence electrons. The summed E-state index contributed by atoms with van der Waals surface area (Å²) in [6.45, 7) is 4.26. The van der Waals surface area contributed by atoms with Crippen LogP contribution in [0.15, 0.2) is 22.8 Å². The van der Waals surface area contributed by atoms with Crippen molar-refractivity contribution in [2.75, 3.05) is 18.0 Å². The molecular formula is C14H18BrN3O. The molecule has 1 aromatic rings. The number of halogens is 1. The zero-order valence-corrected chi connectivity index (χ0v) is 12.6. The van der Waals surface area contributed by atoms with E-state index in [1.165, 1.54) is 0 Å². The van der Waals surface area contributed by atoms with Gasteiger partial charge in [-0.15, -0.1) is 0 Å². The maximum atomic E-state index is 10.7. The standard InChI is InChI=1S/C14H18BrN3O/c1-14(17-9-19)4-10-7-18(8-11(10)5-14)13-3-2-12(15)6-16-13/h2-3,6,9-11H,4-5,7-8H2,1H3,(H,17,19)/t10-,11+,14+. The summed E-state index contributed by atoms with van der Waals surface area (Å²) in [5.41, 5.74) is -0.00365. The fourth-order valence-corrected chi connectivity index (χ4v) is 3.88. The molecule has 1 aliphatic carbocycles. The van der Waals surface area contributed by atoms with Crippen LogP contribution in [0.25, 0.3) is 0 Å². The lowest BCUT2D eigenvalue weighted by Crippen LogP contribution is -2.40. The van der Waals surface area contributed by atoms with Crippen LogP contribution in [-0.2, 0) is 4.79 Å². The average molecular weight is 324 g/mol. The number of hydrogen-bond acceptors (Lipinski definition) is 3. The van der Waals surface area contributed by atoms with Crippen LogP contribution >= 0.6 is 15.9 Å². The fourth-order valence-electron chi connectivity index (χ4n) is 3.64. The molecule has 1 aromatic heterocycles. The van der Waals surface area contributed by atoms with Gasteiger partial charge < -0.3 is 10.2 Å². The molecule has 1 N–H and O–H groups in total. The van der Waals surface area contributed by atoms with Crippen molar-refractivity contribution in [3.63, 3.8) is 0 Å². The number of amides is 1. The number of carbonyl (C=O) groups is 1. The Morgan fingerprint density at radius 3 is 2.63 bits per heavy atom. The van der Waals surface area contributed by atoms with Gasteiger partial charge in [-0.1, -0.05) is 0 Å². The molecule has 2 heterocycles. The quantitative estimate of drug-likeness (QED) is 0.867. The first kappa shape index (κ1) is 12.9. The number of carbonyl (C=O) groups excluding carboxylic acids is 1. The van der Waals surface area contributed by atoms with Crippen LogP contribution in [-0.4, -0.2) is 30.0 Å². The number of hydrogen-bond donors (Lipinski definition) is 1. The van der Waals surface area contributed by atoms with Crippen molar-refractivity contribution in [2.45, 2.75) is 25.3 Å². The van der Waals surface area contributed by atoms with Crippen molar-refractivity contribution in [3.05, 3.63) is 22.8 Å². The van der Waals surface area contributed by atoms with E-state index in [4.69, 9.17) is 0 Å². The highest BCUT2D eigenvalue weighted by molar-refractivity contribution is 9.10. The van der Waals surface area contributed by atoms with Crippen molar-refractivity contribution in [1.29, 1.82) is 0 Å². The molecule has 1 saturated carbocycles. The van der Waals surface area contributed by atoms with Gasteiger partial charge in [-0.3, -0.25) is 4.79 Å². The number of nitrogens with one attached hydrogen (secondary N) is 1. The summed E-state index contributed by atoms with van der Waals surface area (Å²) in [5.74, 6) is 2.40. The summed E-state index contributed by atoms with van der Waals surface area (Å²) in [5, 5.41) is 2.99. The second-order valence-electron chi connectivity index (χ2n) is 5.99. The van der Waals surface area contributed by atoms with Gasteiger partial charge in [0, 0.05) is 29.3 Å². The Kier molecular flexibility index (Phi) is 3.25. The normalized spacial score (nSPS) is 33.3. The van der Waals surface area contributed by atoms with Crippen molar-refractivity contribution in [2.24, 2.45) is 11.8 Å². The Morgan fingerprint density at radius 2 is 2.11 bits per heavy atom.